The van der Waals surface area contributed by atoms with Crippen molar-refractivity contribution >= 4 is 45.8 Å². The molecule has 1 amide bonds. The van der Waals surface area contributed by atoms with Crippen LogP contribution < -0.4 is 4.90 Å². The highest BCUT2D eigenvalue weighted by molar-refractivity contribution is 6.38. The Bertz CT molecular complexity index is 1650. The summed E-state index contributed by atoms with van der Waals surface area (Å²) in [5.41, 5.74) is 0.0974. The lowest BCUT2D eigenvalue weighted by molar-refractivity contribution is -0.384. The number of ketones is 3. The molecule has 3 aromatic carbocycles. The summed E-state index contributed by atoms with van der Waals surface area (Å²) in [7, 11) is 1.62. The Hall–Kier alpha value is -4.72. The van der Waals surface area contributed by atoms with E-state index in [-0.39, 0.29) is 36.5 Å². The van der Waals surface area contributed by atoms with Gasteiger partial charge >= 0.3 is 0 Å². The number of nitro groups is 1. The first-order valence-electron chi connectivity index (χ1n) is 12.7. The Morgan fingerprint density at radius 1 is 0.846 bits per heavy atom. The number of fused-ring (bicyclic) bond motifs is 3. The molecule has 3 aliphatic rings. The predicted octanol–water partition coefficient (Wildman–Crippen LogP) is 4.94. The van der Waals surface area contributed by atoms with Crippen LogP contribution in [0.4, 0.5) is 11.4 Å². The standard InChI is InChI=1S/C31H24N2O6/c1-30(25(34)15-16-26(30)35)17-22-20-7-3-5-9-23(20)31(27(22)18-11-13-19(14-12-18)33(38)39)28(36)21-8-4-6-10-24(21)32(2)29(31)37/h3-14H,15-17H2,1-2H3/t31-/m1/s1. The molecule has 0 radical (unpaired) electrons. The van der Waals surface area contributed by atoms with E-state index in [0.717, 1.165) is 0 Å². The van der Waals surface area contributed by atoms with E-state index in [2.05, 4.69) is 0 Å². The fourth-order valence-electron chi connectivity index (χ4n) is 6.45. The third-order valence-electron chi connectivity index (χ3n) is 8.52. The molecule has 1 aliphatic heterocycles. The van der Waals surface area contributed by atoms with Gasteiger partial charge in [0.2, 0.25) is 5.91 Å². The van der Waals surface area contributed by atoms with E-state index < -0.39 is 27.4 Å². The summed E-state index contributed by atoms with van der Waals surface area (Å²) >= 11 is 0. The summed E-state index contributed by atoms with van der Waals surface area (Å²) in [6.07, 6.45) is 0.314. The van der Waals surface area contributed by atoms with E-state index in [9.17, 15) is 29.3 Å². The molecule has 2 aliphatic carbocycles. The third kappa shape index (κ3) is 3.17. The van der Waals surface area contributed by atoms with Crippen molar-refractivity contribution in [3.8, 4) is 0 Å². The molecule has 0 unspecified atom stereocenters. The minimum absolute atomic E-state index is 0.0155. The van der Waals surface area contributed by atoms with Crippen LogP contribution in [0.3, 0.4) is 0 Å². The highest BCUT2D eigenvalue weighted by Crippen LogP contribution is 2.58. The quantitative estimate of drug-likeness (QED) is 0.273. The van der Waals surface area contributed by atoms with Crippen LogP contribution in [-0.4, -0.2) is 35.2 Å². The van der Waals surface area contributed by atoms with Crippen LogP contribution in [0.25, 0.3) is 11.1 Å². The molecular formula is C31H24N2O6. The summed E-state index contributed by atoms with van der Waals surface area (Å²) in [4.78, 5) is 67.4. The number of carbonyl (C=O) groups excluding carboxylic acids is 4. The Morgan fingerprint density at radius 2 is 1.44 bits per heavy atom. The van der Waals surface area contributed by atoms with Gasteiger partial charge in [-0.2, -0.15) is 0 Å². The van der Waals surface area contributed by atoms with E-state index >= 15 is 0 Å². The number of anilines is 1. The van der Waals surface area contributed by atoms with E-state index in [4.69, 9.17) is 0 Å². The average molecular weight is 521 g/mol. The average Bonchev–Trinajstić information content (AvgIpc) is 3.37. The number of carbonyl (C=O) groups is 4. The zero-order valence-electron chi connectivity index (χ0n) is 21.4. The summed E-state index contributed by atoms with van der Waals surface area (Å²) in [5, 5.41) is 11.4. The fraction of sp³-hybridized carbons (Fsp3) is 0.226. The highest BCUT2D eigenvalue weighted by Gasteiger charge is 2.61. The van der Waals surface area contributed by atoms with Gasteiger partial charge in [-0.05, 0) is 65.4 Å². The molecule has 1 saturated carbocycles. The summed E-state index contributed by atoms with van der Waals surface area (Å²) in [6, 6.07) is 19.7. The lowest BCUT2D eigenvalue weighted by atomic mass is 9.66. The first kappa shape index (κ1) is 24.6. The van der Waals surface area contributed by atoms with E-state index in [1.54, 1.807) is 62.5 Å². The molecule has 8 nitrogen and oxygen atoms in total. The Morgan fingerprint density at radius 3 is 2.08 bits per heavy atom. The van der Waals surface area contributed by atoms with Gasteiger partial charge in [-0.3, -0.25) is 29.3 Å². The molecule has 39 heavy (non-hydrogen) atoms. The maximum atomic E-state index is 14.6. The first-order chi connectivity index (χ1) is 18.6. The number of allylic oxidation sites excluding steroid dienone is 1. The topological polar surface area (TPSA) is 115 Å². The highest BCUT2D eigenvalue weighted by atomic mass is 16.6. The fourth-order valence-corrected chi connectivity index (χ4v) is 6.45. The normalized spacial score (nSPS) is 21.5. The van der Waals surface area contributed by atoms with Crippen LogP contribution in [0.5, 0.6) is 0 Å². The van der Waals surface area contributed by atoms with Gasteiger partial charge in [0.1, 0.15) is 11.6 Å². The molecule has 0 bridgehead atoms. The third-order valence-corrected chi connectivity index (χ3v) is 8.52. The monoisotopic (exact) mass is 520 g/mol. The van der Waals surface area contributed by atoms with Gasteiger partial charge in [-0.25, -0.2) is 0 Å². The number of likely N-dealkylation sites (N-methyl/N-ethyl adjacent to an activating group) is 1. The first-order valence-corrected chi connectivity index (χ1v) is 12.7. The largest absolute Gasteiger partial charge is 0.313 e. The molecule has 8 heteroatoms. The second kappa shape index (κ2) is 8.39. The molecule has 1 heterocycles. The Kier molecular flexibility index (Phi) is 5.30. The molecule has 0 N–H and O–H groups in total. The van der Waals surface area contributed by atoms with Crippen molar-refractivity contribution in [3.05, 3.63) is 105 Å². The number of hydrogen-bond donors (Lipinski definition) is 0. The molecule has 1 spiro atoms. The van der Waals surface area contributed by atoms with E-state index in [0.29, 0.717) is 39.1 Å². The van der Waals surface area contributed by atoms with Crippen molar-refractivity contribution in [3.63, 3.8) is 0 Å². The van der Waals surface area contributed by atoms with Gasteiger partial charge in [-0.15, -0.1) is 0 Å². The number of non-ortho nitro benzene ring substituents is 1. The van der Waals surface area contributed by atoms with Crippen molar-refractivity contribution in [1.82, 2.24) is 0 Å². The molecule has 1 atom stereocenters. The van der Waals surface area contributed by atoms with Crippen LogP contribution in [-0.2, 0) is 19.8 Å². The van der Waals surface area contributed by atoms with Crippen LogP contribution in [0.1, 0.15) is 53.2 Å². The van der Waals surface area contributed by atoms with Crippen molar-refractivity contribution in [2.75, 3.05) is 11.9 Å². The van der Waals surface area contributed by atoms with Crippen LogP contribution in [0.2, 0.25) is 0 Å². The van der Waals surface area contributed by atoms with Gasteiger partial charge in [0.05, 0.1) is 16.0 Å². The number of hydrogen-bond acceptors (Lipinski definition) is 6. The molecule has 0 saturated heterocycles. The minimum atomic E-state index is -1.79. The zero-order valence-corrected chi connectivity index (χ0v) is 21.4. The molecule has 0 aromatic heterocycles. The number of benzene rings is 3. The molecule has 1 fully saturated rings. The van der Waals surface area contributed by atoms with Crippen LogP contribution in [0.15, 0.2) is 72.8 Å². The van der Waals surface area contributed by atoms with Gasteiger partial charge in [0.25, 0.3) is 5.69 Å². The molecule has 6 rings (SSSR count). The molecular weight excluding hydrogens is 496 g/mol. The molecule has 3 aromatic rings. The summed E-state index contributed by atoms with van der Waals surface area (Å²) in [6.45, 7) is 1.63. The maximum Gasteiger partial charge on any atom is 0.269 e. The van der Waals surface area contributed by atoms with Crippen LogP contribution in [0, 0.1) is 15.5 Å². The predicted molar refractivity (Wildman–Crippen MR) is 144 cm³/mol. The van der Waals surface area contributed by atoms with Crippen molar-refractivity contribution < 1.29 is 24.1 Å². The van der Waals surface area contributed by atoms with Gasteiger partial charge < -0.3 is 4.90 Å². The SMILES string of the molecule is CN1C(=O)[C@@]2(C(=O)c3ccccc31)C(c1ccc([N+](=O)[O-])cc1)=C(CC1(C)C(=O)CCC1=O)c1ccccc12. The lowest BCUT2D eigenvalue weighted by Gasteiger charge is -2.40. The summed E-state index contributed by atoms with van der Waals surface area (Å²) in [5.74, 6) is -1.22. The number of Topliss-reactive ketones (excluding diaryl/α,β-unsaturated/α-hetero) is 3. The zero-order chi connectivity index (χ0) is 27.7. The summed E-state index contributed by atoms with van der Waals surface area (Å²) < 4.78 is 0. The Balaban J connectivity index is 1.71. The van der Waals surface area contributed by atoms with Crippen molar-refractivity contribution in [2.45, 2.75) is 31.6 Å². The van der Waals surface area contributed by atoms with E-state index in [1.165, 1.54) is 29.2 Å². The number of amides is 1. The van der Waals surface area contributed by atoms with Crippen LogP contribution >= 0.6 is 0 Å². The second-order valence-corrected chi connectivity index (χ2v) is 10.5. The van der Waals surface area contributed by atoms with Crippen molar-refractivity contribution in [2.24, 2.45) is 5.41 Å². The Labute approximate surface area is 224 Å². The number of nitro benzene ring substituents is 1. The minimum Gasteiger partial charge on any atom is -0.313 e. The smallest absolute Gasteiger partial charge is 0.269 e. The van der Waals surface area contributed by atoms with Gasteiger partial charge in [0.15, 0.2) is 11.2 Å². The number of para-hydroxylation sites is 1. The number of rotatable bonds is 4. The maximum absolute atomic E-state index is 14.6. The van der Waals surface area contributed by atoms with Gasteiger partial charge in [-0.1, -0.05) is 36.4 Å². The second-order valence-electron chi connectivity index (χ2n) is 10.5. The lowest BCUT2D eigenvalue weighted by Crippen LogP contribution is -2.54. The van der Waals surface area contributed by atoms with Gasteiger partial charge in [0, 0.05) is 37.6 Å². The molecule has 194 valence electrons. The van der Waals surface area contributed by atoms with E-state index in [1.807, 2.05) is 0 Å². The van der Waals surface area contributed by atoms with Crippen molar-refractivity contribution in [1.29, 1.82) is 0 Å². The number of nitrogens with zero attached hydrogens (tertiary/aromatic N) is 2.